The maximum absolute atomic E-state index is 12.1. The molecular formula is C16H24Cl2N4OS. The molecule has 5 nitrogen and oxygen atoms in total. The van der Waals surface area contributed by atoms with Crippen molar-refractivity contribution in [2.75, 3.05) is 6.54 Å². The minimum atomic E-state index is -0.0286. The number of carbonyl (C=O) groups excluding carboxylic acids is 1. The molecule has 8 heteroatoms. The quantitative estimate of drug-likeness (QED) is 0.760. The highest BCUT2D eigenvalue weighted by molar-refractivity contribution is 7.13. The Morgan fingerprint density at radius 1 is 1.38 bits per heavy atom. The van der Waals surface area contributed by atoms with Gasteiger partial charge >= 0.3 is 0 Å². The third-order valence-electron chi connectivity index (χ3n) is 3.21. The van der Waals surface area contributed by atoms with E-state index in [-0.39, 0.29) is 43.2 Å². The smallest absolute Gasteiger partial charge is 0.226 e. The van der Waals surface area contributed by atoms with Crippen LogP contribution in [0.15, 0.2) is 29.9 Å². The zero-order valence-electron chi connectivity index (χ0n) is 13.8. The Labute approximate surface area is 159 Å². The predicted molar refractivity (Wildman–Crippen MR) is 104 cm³/mol. The molecule has 0 fully saturated rings. The number of hydrogen-bond donors (Lipinski definition) is 2. The number of carbonyl (C=O) groups is 1. The number of thiazole rings is 1. The molecule has 0 aromatic carbocycles. The van der Waals surface area contributed by atoms with E-state index in [0.29, 0.717) is 12.5 Å². The molecule has 0 saturated heterocycles. The van der Waals surface area contributed by atoms with E-state index in [9.17, 15) is 4.79 Å². The van der Waals surface area contributed by atoms with E-state index in [2.05, 4.69) is 29.1 Å². The molecule has 0 aliphatic carbocycles. The van der Waals surface area contributed by atoms with Gasteiger partial charge in [-0.15, -0.1) is 36.2 Å². The Morgan fingerprint density at radius 3 is 2.71 bits per heavy atom. The van der Waals surface area contributed by atoms with E-state index in [1.54, 1.807) is 12.4 Å². The summed E-state index contributed by atoms with van der Waals surface area (Å²) in [5.41, 5.74) is 7.46. The second-order valence-electron chi connectivity index (χ2n) is 5.69. The maximum atomic E-state index is 12.1. The summed E-state index contributed by atoms with van der Waals surface area (Å²) in [6, 6.07) is 3.87. The SMILES string of the molecule is CC(C)CC(CN)NC(=O)Cc1csc(-c2cccnc2)n1.Cl.Cl. The van der Waals surface area contributed by atoms with Crippen LogP contribution in [0.5, 0.6) is 0 Å². The standard InChI is InChI=1S/C16H22N4OS.2ClH/c1-11(2)6-13(8-17)19-15(21)7-14-10-22-16(20-14)12-4-3-5-18-9-12;;/h3-5,9-11,13H,6-8,17H2,1-2H3,(H,19,21);2*1H. The lowest BCUT2D eigenvalue weighted by Gasteiger charge is -2.18. The molecular weight excluding hydrogens is 367 g/mol. The summed E-state index contributed by atoms with van der Waals surface area (Å²) in [6.07, 6.45) is 4.68. The van der Waals surface area contributed by atoms with Crippen molar-refractivity contribution in [3.63, 3.8) is 0 Å². The van der Waals surface area contributed by atoms with Crippen molar-refractivity contribution in [3.05, 3.63) is 35.6 Å². The van der Waals surface area contributed by atoms with Gasteiger partial charge in [-0.05, 0) is 24.5 Å². The fourth-order valence-corrected chi connectivity index (χ4v) is 3.05. The maximum Gasteiger partial charge on any atom is 0.226 e. The molecule has 0 bridgehead atoms. The van der Waals surface area contributed by atoms with Crippen molar-refractivity contribution in [3.8, 4) is 10.6 Å². The third kappa shape index (κ3) is 7.13. The number of hydrogen-bond acceptors (Lipinski definition) is 5. The fraction of sp³-hybridized carbons (Fsp3) is 0.438. The van der Waals surface area contributed by atoms with Crippen molar-refractivity contribution in [1.29, 1.82) is 0 Å². The molecule has 24 heavy (non-hydrogen) atoms. The van der Waals surface area contributed by atoms with Crippen LogP contribution >= 0.6 is 36.2 Å². The number of nitrogens with one attached hydrogen (secondary N) is 1. The number of rotatable bonds is 7. The van der Waals surface area contributed by atoms with Crippen molar-refractivity contribution in [2.45, 2.75) is 32.7 Å². The van der Waals surface area contributed by atoms with Gasteiger partial charge in [0, 0.05) is 35.9 Å². The summed E-state index contributed by atoms with van der Waals surface area (Å²) in [4.78, 5) is 20.7. The van der Waals surface area contributed by atoms with Crippen molar-refractivity contribution in [2.24, 2.45) is 11.7 Å². The van der Waals surface area contributed by atoms with Gasteiger partial charge in [0.1, 0.15) is 5.01 Å². The van der Waals surface area contributed by atoms with E-state index in [4.69, 9.17) is 5.73 Å². The third-order valence-corrected chi connectivity index (χ3v) is 4.15. The number of amides is 1. The number of halogens is 2. The van der Waals surface area contributed by atoms with Crippen molar-refractivity contribution in [1.82, 2.24) is 15.3 Å². The summed E-state index contributed by atoms with van der Waals surface area (Å²) < 4.78 is 0. The molecule has 2 aromatic heterocycles. The molecule has 1 unspecified atom stereocenters. The van der Waals surface area contributed by atoms with Gasteiger partial charge in [-0.3, -0.25) is 9.78 Å². The molecule has 3 N–H and O–H groups in total. The lowest BCUT2D eigenvalue weighted by molar-refractivity contribution is -0.121. The molecule has 134 valence electrons. The van der Waals surface area contributed by atoms with E-state index in [0.717, 1.165) is 22.7 Å². The largest absolute Gasteiger partial charge is 0.352 e. The van der Waals surface area contributed by atoms with Gasteiger partial charge in [-0.25, -0.2) is 4.98 Å². The Bertz CT molecular complexity index is 607. The molecule has 2 heterocycles. The Hall–Kier alpha value is -1.21. The normalized spacial score (nSPS) is 11.3. The summed E-state index contributed by atoms with van der Waals surface area (Å²) >= 11 is 1.52. The van der Waals surface area contributed by atoms with Crippen LogP contribution in [0.2, 0.25) is 0 Å². The van der Waals surface area contributed by atoms with E-state index in [1.165, 1.54) is 11.3 Å². The first kappa shape index (κ1) is 22.8. The zero-order chi connectivity index (χ0) is 15.9. The van der Waals surface area contributed by atoms with E-state index < -0.39 is 0 Å². The summed E-state index contributed by atoms with van der Waals surface area (Å²) in [5.74, 6) is 0.476. The Morgan fingerprint density at radius 2 is 2.12 bits per heavy atom. The number of aromatic nitrogens is 2. The molecule has 1 atom stereocenters. The van der Waals surface area contributed by atoms with Crippen LogP contribution in [0.3, 0.4) is 0 Å². The van der Waals surface area contributed by atoms with Crippen LogP contribution in [0.4, 0.5) is 0 Å². The molecule has 0 aliphatic rings. The van der Waals surface area contributed by atoms with E-state index >= 15 is 0 Å². The highest BCUT2D eigenvalue weighted by Gasteiger charge is 2.14. The van der Waals surface area contributed by atoms with Crippen LogP contribution in [0.1, 0.15) is 26.0 Å². The molecule has 0 radical (unpaired) electrons. The fourth-order valence-electron chi connectivity index (χ4n) is 2.24. The van der Waals surface area contributed by atoms with Crippen molar-refractivity contribution >= 4 is 42.1 Å². The Balaban J connectivity index is 0.00000264. The predicted octanol–water partition coefficient (Wildman–Crippen LogP) is 3.08. The zero-order valence-corrected chi connectivity index (χ0v) is 16.2. The van der Waals surface area contributed by atoms with Crippen LogP contribution in [0.25, 0.3) is 10.6 Å². The second-order valence-corrected chi connectivity index (χ2v) is 6.55. The number of nitrogens with zero attached hydrogens (tertiary/aromatic N) is 2. The summed E-state index contributed by atoms with van der Waals surface area (Å²) in [6.45, 7) is 4.70. The van der Waals surface area contributed by atoms with Gasteiger partial charge in [0.15, 0.2) is 0 Å². The molecule has 2 aromatic rings. The molecule has 0 saturated carbocycles. The van der Waals surface area contributed by atoms with E-state index in [1.807, 2.05) is 17.5 Å². The van der Waals surface area contributed by atoms with Crippen molar-refractivity contribution < 1.29 is 4.79 Å². The lowest BCUT2D eigenvalue weighted by atomic mass is 10.0. The molecule has 0 spiro atoms. The first-order chi connectivity index (χ1) is 10.6. The van der Waals surface area contributed by atoms with Gasteiger partial charge in [-0.1, -0.05) is 13.8 Å². The van der Waals surface area contributed by atoms with Gasteiger partial charge < -0.3 is 11.1 Å². The number of pyridine rings is 1. The van der Waals surface area contributed by atoms with Crippen LogP contribution in [-0.4, -0.2) is 28.5 Å². The summed E-state index contributed by atoms with van der Waals surface area (Å²) in [5, 5.41) is 5.79. The number of nitrogens with two attached hydrogens (primary N) is 1. The average molecular weight is 391 g/mol. The minimum Gasteiger partial charge on any atom is -0.352 e. The van der Waals surface area contributed by atoms with Crippen LogP contribution in [-0.2, 0) is 11.2 Å². The topological polar surface area (TPSA) is 80.9 Å². The highest BCUT2D eigenvalue weighted by Crippen LogP contribution is 2.22. The lowest BCUT2D eigenvalue weighted by Crippen LogP contribution is -2.41. The molecule has 0 aliphatic heterocycles. The van der Waals surface area contributed by atoms with Crippen LogP contribution < -0.4 is 11.1 Å². The second kappa shape index (κ2) is 11.4. The molecule has 2 rings (SSSR count). The van der Waals surface area contributed by atoms with Gasteiger partial charge in [-0.2, -0.15) is 0 Å². The van der Waals surface area contributed by atoms with Gasteiger partial charge in [0.05, 0.1) is 12.1 Å². The summed E-state index contributed by atoms with van der Waals surface area (Å²) in [7, 11) is 0. The van der Waals surface area contributed by atoms with Crippen LogP contribution in [0, 0.1) is 5.92 Å². The van der Waals surface area contributed by atoms with Gasteiger partial charge in [0.25, 0.3) is 0 Å². The first-order valence-electron chi connectivity index (χ1n) is 7.42. The monoisotopic (exact) mass is 390 g/mol. The first-order valence-corrected chi connectivity index (χ1v) is 8.30. The highest BCUT2D eigenvalue weighted by atomic mass is 35.5. The molecule has 1 amide bonds. The average Bonchev–Trinajstić information content (AvgIpc) is 2.95. The Kier molecular flexibility index (Phi) is 10.8. The minimum absolute atomic E-state index is 0. The van der Waals surface area contributed by atoms with Gasteiger partial charge in [0.2, 0.25) is 5.91 Å².